The molecule has 0 unspecified atom stereocenters. The molecule has 0 aliphatic carbocycles. The number of hydrogen-bond acceptors (Lipinski definition) is 6. The molecule has 0 aromatic heterocycles. The summed E-state index contributed by atoms with van der Waals surface area (Å²) in [5.74, 6) is 0.184. The van der Waals surface area contributed by atoms with Crippen LogP contribution in [-0.4, -0.2) is 95.1 Å². The van der Waals surface area contributed by atoms with Gasteiger partial charge in [-0.2, -0.15) is 4.31 Å². The Labute approximate surface area is 154 Å². The standard InChI is InChI=1S/C17H25N3O5S/c1-18-5-7-19(8-6-18)17(21)15-13-14(3-4-16(15)24-2)26(22,23)20-9-11-25-12-10-20/h3-4,13H,5-12H2,1-2H3. The first-order chi connectivity index (χ1) is 12.4. The Morgan fingerprint density at radius 3 is 2.35 bits per heavy atom. The molecular weight excluding hydrogens is 358 g/mol. The van der Waals surface area contributed by atoms with Gasteiger partial charge in [-0.3, -0.25) is 4.79 Å². The number of methoxy groups -OCH3 is 1. The van der Waals surface area contributed by atoms with Gasteiger partial charge in [0.1, 0.15) is 5.75 Å². The van der Waals surface area contributed by atoms with Crippen molar-refractivity contribution < 1.29 is 22.7 Å². The van der Waals surface area contributed by atoms with Crippen molar-refractivity contribution >= 4 is 15.9 Å². The molecule has 1 amide bonds. The van der Waals surface area contributed by atoms with Crippen molar-refractivity contribution in [3.8, 4) is 5.75 Å². The highest BCUT2D eigenvalue weighted by atomic mass is 32.2. The van der Waals surface area contributed by atoms with Crippen molar-refractivity contribution in [2.45, 2.75) is 4.90 Å². The molecule has 9 heteroatoms. The van der Waals surface area contributed by atoms with Gasteiger partial charge < -0.3 is 19.3 Å². The smallest absolute Gasteiger partial charge is 0.257 e. The third-order valence-corrected chi connectivity index (χ3v) is 6.69. The molecule has 0 N–H and O–H groups in total. The lowest BCUT2D eigenvalue weighted by Crippen LogP contribution is -2.47. The second-order valence-corrected chi connectivity index (χ2v) is 8.41. The fourth-order valence-electron chi connectivity index (χ4n) is 3.13. The average molecular weight is 383 g/mol. The van der Waals surface area contributed by atoms with Gasteiger partial charge in [0.15, 0.2) is 0 Å². The van der Waals surface area contributed by atoms with Crippen LogP contribution in [0.4, 0.5) is 0 Å². The first-order valence-corrected chi connectivity index (χ1v) is 10.1. The Hall–Kier alpha value is -1.68. The lowest BCUT2D eigenvalue weighted by atomic mass is 10.1. The van der Waals surface area contributed by atoms with Gasteiger partial charge in [0.25, 0.3) is 5.91 Å². The van der Waals surface area contributed by atoms with Gasteiger partial charge in [0.05, 0.1) is 30.8 Å². The minimum Gasteiger partial charge on any atom is -0.496 e. The molecule has 2 fully saturated rings. The van der Waals surface area contributed by atoms with Crippen molar-refractivity contribution in [3.63, 3.8) is 0 Å². The van der Waals surface area contributed by atoms with Crippen molar-refractivity contribution in [2.75, 3.05) is 66.6 Å². The zero-order chi connectivity index (χ0) is 18.7. The van der Waals surface area contributed by atoms with E-state index >= 15 is 0 Å². The van der Waals surface area contributed by atoms with Crippen LogP contribution in [0.1, 0.15) is 10.4 Å². The number of carbonyl (C=O) groups excluding carboxylic acids is 1. The predicted octanol–water partition coefficient (Wildman–Crippen LogP) is 0.104. The number of likely N-dealkylation sites (N-methyl/N-ethyl adjacent to an activating group) is 1. The highest BCUT2D eigenvalue weighted by Gasteiger charge is 2.29. The van der Waals surface area contributed by atoms with Crippen molar-refractivity contribution in [1.29, 1.82) is 0 Å². The summed E-state index contributed by atoms with van der Waals surface area (Å²) in [6.45, 7) is 4.19. The normalized spacial score (nSPS) is 20.2. The molecule has 1 aromatic carbocycles. The number of benzene rings is 1. The van der Waals surface area contributed by atoms with Gasteiger partial charge >= 0.3 is 0 Å². The second kappa shape index (κ2) is 7.91. The molecule has 1 aromatic rings. The van der Waals surface area contributed by atoms with Crippen LogP contribution in [-0.2, 0) is 14.8 Å². The maximum atomic E-state index is 12.9. The Morgan fingerprint density at radius 1 is 1.08 bits per heavy atom. The number of amides is 1. The molecule has 2 aliphatic rings. The summed E-state index contributed by atoms with van der Waals surface area (Å²) in [4.78, 5) is 16.9. The fraction of sp³-hybridized carbons (Fsp3) is 0.588. The summed E-state index contributed by atoms with van der Waals surface area (Å²) in [5.41, 5.74) is 0.284. The lowest BCUT2D eigenvalue weighted by Gasteiger charge is -2.33. The molecule has 2 heterocycles. The van der Waals surface area contributed by atoms with E-state index in [-0.39, 0.29) is 16.4 Å². The number of hydrogen-bond donors (Lipinski definition) is 0. The molecule has 0 bridgehead atoms. The quantitative estimate of drug-likeness (QED) is 0.734. The third-order valence-electron chi connectivity index (χ3n) is 4.80. The van der Waals surface area contributed by atoms with Gasteiger partial charge in [0, 0.05) is 39.3 Å². The summed E-state index contributed by atoms with van der Waals surface area (Å²) >= 11 is 0. The van der Waals surface area contributed by atoms with Crippen molar-refractivity contribution in [2.24, 2.45) is 0 Å². The Morgan fingerprint density at radius 2 is 1.73 bits per heavy atom. The number of rotatable bonds is 4. The summed E-state index contributed by atoms with van der Waals surface area (Å²) in [7, 11) is -0.173. The van der Waals surface area contributed by atoms with E-state index < -0.39 is 10.0 Å². The lowest BCUT2D eigenvalue weighted by molar-refractivity contribution is 0.0660. The van der Waals surface area contributed by atoms with Crippen molar-refractivity contribution in [3.05, 3.63) is 23.8 Å². The summed E-state index contributed by atoms with van der Waals surface area (Å²) in [6, 6.07) is 4.48. The molecule has 0 radical (unpaired) electrons. The van der Waals surface area contributed by atoms with Gasteiger partial charge in [0.2, 0.25) is 10.0 Å². The molecule has 0 atom stereocenters. The highest BCUT2D eigenvalue weighted by Crippen LogP contribution is 2.26. The second-order valence-electron chi connectivity index (χ2n) is 6.47. The Kier molecular flexibility index (Phi) is 5.81. The minimum absolute atomic E-state index is 0.109. The van der Waals surface area contributed by atoms with E-state index in [4.69, 9.17) is 9.47 Å². The van der Waals surface area contributed by atoms with E-state index in [1.807, 2.05) is 7.05 Å². The van der Waals surface area contributed by atoms with Gasteiger partial charge in [-0.15, -0.1) is 0 Å². The molecule has 2 saturated heterocycles. The molecule has 3 rings (SSSR count). The number of morpholine rings is 1. The average Bonchev–Trinajstić information content (AvgIpc) is 2.68. The van der Waals surface area contributed by atoms with Crippen LogP contribution in [0, 0.1) is 0 Å². The predicted molar refractivity (Wildman–Crippen MR) is 96.0 cm³/mol. The van der Waals surface area contributed by atoms with Crippen LogP contribution in [0.15, 0.2) is 23.1 Å². The summed E-state index contributed by atoms with van der Waals surface area (Å²) < 4.78 is 37.7. The zero-order valence-electron chi connectivity index (χ0n) is 15.2. The maximum absolute atomic E-state index is 12.9. The van der Waals surface area contributed by atoms with Crippen molar-refractivity contribution in [1.82, 2.24) is 14.1 Å². The van der Waals surface area contributed by atoms with Gasteiger partial charge in [-0.1, -0.05) is 0 Å². The number of sulfonamides is 1. The van der Waals surface area contributed by atoms with Crippen LogP contribution in [0.2, 0.25) is 0 Å². The van der Waals surface area contributed by atoms with E-state index in [9.17, 15) is 13.2 Å². The SMILES string of the molecule is COc1ccc(S(=O)(=O)N2CCOCC2)cc1C(=O)N1CCN(C)CC1. The minimum atomic E-state index is -3.66. The number of piperazine rings is 1. The summed E-state index contributed by atoms with van der Waals surface area (Å²) in [6.07, 6.45) is 0. The van der Waals surface area contributed by atoms with E-state index in [0.29, 0.717) is 45.1 Å². The zero-order valence-corrected chi connectivity index (χ0v) is 16.0. The number of ether oxygens (including phenoxy) is 2. The molecular formula is C17H25N3O5S. The van der Waals surface area contributed by atoms with E-state index in [2.05, 4.69) is 4.90 Å². The van der Waals surface area contributed by atoms with E-state index in [1.54, 1.807) is 11.0 Å². The fourth-order valence-corrected chi connectivity index (χ4v) is 4.57. The van der Waals surface area contributed by atoms with Gasteiger partial charge in [-0.05, 0) is 25.2 Å². The molecule has 26 heavy (non-hydrogen) atoms. The van der Waals surface area contributed by atoms with Gasteiger partial charge in [-0.25, -0.2) is 8.42 Å². The number of carbonyl (C=O) groups is 1. The monoisotopic (exact) mass is 383 g/mol. The first-order valence-electron chi connectivity index (χ1n) is 8.67. The molecule has 0 saturated carbocycles. The third kappa shape index (κ3) is 3.85. The number of nitrogens with zero attached hydrogens (tertiary/aromatic N) is 3. The largest absolute Gasteiger partial charge is 0.496 e. The van der Waals surface area contributed by atoms with E-state index in [1.165, 1.54) is 23.5 Å². The van der Waals surface area contributed by atoms with E-state index in [0.717, 1.165) is 13.1 Å². The van der Waals surface area contributed by atoms with Crippen LogP contribution in [0.25, 0.3) is 0 Å². The van der Waals surface area contributed by atoms with Crippen LogP contribution < -0.4 is 4.74 Å². The van der Waals surface area contributed by atoms with Crippen LogP contribution in [0.5, 0.6) is 5.75 Å². The molecule has 144 valence electrons. The van der Waals surface area contributed by atoms with Crippen LogP contribution >= 0.6 is 0 Å². The molecule has 8 nitrogen and oxygen atoms in total. The summed E-state index contributed by atoms with van der Waals surface area (Å²) in [5, 5.41) is 0. The Bertz CT molecular complexity index is 754. The van der Waals surface area contributed by atoms with Crippen LogP contribution in [0.3, 0.4) is 0 Å². The maximum Gasteiger partial charge on any atom is 0.257 e. The Balaban J connectivity index is 1.90. The topological polar surface area (TPSA) is 79.4 Å². The first kappa shape index (κ1) is 19.1. The molecule has 0 spiro atoms. The molecule has 2 aliphatic heterocycles. The highest BCUT2D eigenvalue weighted by molar-refractivity contribution is 7.89.